The summed E-state index contributed by atoms with van der Waals surface area (Å²) < 4.78 is 0.612. The van der Waals surface area contributed by atoms with Crippen LogP contribution in [0.4, 0.5) is 0 Å². The van der Waals surface area contributed by atoms with Gasteiger partial charge in [0, 0.05) is 22.6 Å². The Bertz CT molecular complexity index is 492. The van der Waals surface area contributed by atoms with Crippen molar-refractivity contribution in [2.45, 2.75) is 19.9 Å². The largest absolute Gasteiger partial charge is 0.352 e. The molecule has 1 aromatic rings. The Morgan fingerprint density at radius 1 is 1.42 bits per heavy atom. The maximum atomic E-state index is 12.2. The molecule has 6 heteroatoms. The van der Waals surface area contributed by atoms with Crippen LogP contribution < -0.4 is 5.32 Å². The lowest BCUT2D eigenvalue weighted by molar-refractivity contribution is -0.122. The molecule has 1 N–H and O–H groups in total. The second-order valence-corrected chi connectivity index (χ2v) is 5.80. The normalized spacial score (nSPS) is 10.4. The summed E-state index contributed by atoms with van der Waals surface area (Å²) in [5, 5.41) is 3.28. The van der Waals surface area contributed by atoms with Gasteiger partial charge in [-0.15, -0.1) is 0 Å². The van der Waals surface area contributed by atoms with Crippen LogP contribution in [0.1, 0.15) is 24.2 Å². The zero-order valence-electron chi connectivity index (χ0n) is 11.0. The van der Waals surface area contributed by atoms with E-state index in [0.717, 1.165) is 0 Å². The molecule has 0 aliphatic rings. The summed E-state index contributed by atoms with van der Waals surface area (Å²) in [5.41, 5.74) is 0.476. The van der Waals surface area contributed by atoms with Crippen LogP contribution in [0.25, 0.3) is 0 Å². The molecule has 1 rings (SSSR count). The summed E-state index contributed by atoms with van der Waals surface area (Å²) in [7, 11) is 1.59. The fourth-order valence-corrected chi connectivity index (χ4v) is 2.38. The third-order valence-electron chi connectivity index (χ3n) is 2.34. The van der Waals surface area contributed by atoms with Crippen molar-refractivity contribution in [3.05, 3.63) is 33.3 Å². The van der Waals surface area contributed by atoms with E-state index in [0.29, 0.717) is 15.1 Å². The molecule has 0 aliphatic carbocycles. The number of amides is 2. The quantitative estimate of drug-likeness (QED) is 0.910. The predicted octanol–water partition coefficient (Wildman–Crippen LogP) is 2.70. The van der Waals surface area contributed by atoms with E-state index >= 15 is 0 Å². The number of carbonyl (C=O) groups is 2. The van der Waals surface area contributed by atoms with Crippen LogP contribution in [-0.4, -0.2) is 36.3 Å². The molecule has 0 bridgehead atoms. The van der Waals surface area contributed by atoms with Crippen molar-refractivity contribution in [2.75, 3.05) is 13.6 Å². The molecule has 0 aliphatic heterocycles. The van der Waals surface area contributed by atoms with Crippen molar-refractivity contribution in [2.24, 2.45) is 0 Å². The minimum Gasteiger partial charge on any atom is -0.352 e. The maximum Gasteiger partial charge on any atom is 0.255 e. The zero-order valence-corrected chi connectivity index (χ0v) is 13.4. The smallest absolute Gasteiger partial charge is 0.255 e. The third-order valence-corrected chi connectivity index (χ3v) is 3.23. The monoisotopic (exact) mass is 346 g/mol. The van der Waals surface area contributed by atoms with Crippen molar-refractivity contribution >= 4 is 39.3 Å². The van der Waals surface area contributed by atoms with Crippen LogP contribution in [0.15, 0.2) is 22.7 Å². The van der Waals surface area contributed by atoms with Crippen molar-refractivity contribution in [1.82, 2.24) is 10.2 Å². The molecular formula is C13H16BrClN2O2. The summed E-state index contributed by atoms with van der Waals surface area (Å²) in [5.74, 6) is -0.418. The lowest BCUT2D eigenvalue weighted by Gasteiger charge is -2.18. The van der Waals surface area contributed by atoms with Gasteiger partial charge < -0.3 is 10.2 Å². The van der Waals surface area contributed by atoms with Crippen molar-refractivity contribution in [3.63, 3.8) is 0 Å². The average Bonchev–Trinajstić information content (AvgIpc) is 2.26. The molecule has 0 saturated heterocycles. The highest BCUT2D eigenvalue weighted by Crippen LogP contribution is 2.22. The standard InChI is InChI=1S/C13H16BrClN2O2/c1-8(2)16-12(18)7-17(3)13(19)10-5-4-9(15)6-11(10)14/h4-6,8H,7H2,1-3H3,(H,16,18). The highest BCUT2D eigenvalue weighted by Gasteiger charge is 2.17. The Labute approximate surface area is 126 Å². The molecule has 0 saturated carbocycles. The van der Waals surface area contributed by atoms with Gasteiger partial charge in [0.05, 0.1) is 12.1 Å². The number of nitrogens with one attached hydrogen (secondary N) is 1. The molecule has 19 heavy (non-hydrogen) atoms. The van der Waals surface area contributed by atoms with E-state index < -0.39 is 0 Å². The first-order valence-electron chi connectivity index (χ1n) is 5.81. The number of benzene rings is 1. The van der Waals surface area contributed by atoms with E-state index in [2.05, 4.69) is 21.2 Å². The Morgan fingerprint density at radius 2 is 2.05 bits per heavy atom. The van der Waals surface area contributed by atoms with E-state index in [4.69, 9.17) is 11.6 Å². The first-order chi connectivity index (χ1) is 8.81. The molecule has 0 unspecified atom stereocenters. The van der Waals surface area contributed by atoms with Crippen LogP contribution in [0.3, 0.4) is 0 Å². The van der Waals surface area contributed by atoms with Gasteiger partial charge in [-0.1, -0.05) is 11.6 Å². The fraction of sp³-hybridized carbons (Fsp3) is 0.385. The lowest BCUT2D eigenvalue weighted by Crippen LogP contribution is -2.40. The van der Waals surface area contributed by atoms with E-state index in [1.54, 1.807) is 25.2 Å². The highest BCUT2D eigenvalue weighted by molar-refractivity contribution is 9.10. The van der Waals surface area contributed by atoms with Gasteiger partial charge >= 0.3 is 0 Å². The summed E-state index contributed by atoms with van der Waals surface area (Å²) in [6, 6.07) is 4.97. The summed E-state index contributed by atoms with van der Waals surface area (Å²) in [6.45, 7) is 3.76. The van der Waals surface area contributed by atoms with Crippen LogP contribution in [0.2, 0.25) is 5.02 Å². The van der Waals surface area contributed by atoms with Crippen molar-refractivity contribution in [1.29, 1.82) is 0 Å². The Kier molecular flexibility index (Phi) is 5.82. The van der Waals surface area contributed by atoms with Crippen LogP contribution >= 0.6 is 27.5 Å². The average molecular weight is 348 g/mol. The fourth-order valence-electron chi connectivity index (χ4n) is 1.52. The first kappa shape index (κ1) is 16.0. The molecule has 0 radical (unpaired) electrons. The minimum absolute atomic E-state index is 0.0199. The SMILES string of the molecule is CC(C)NC(=O)CN(C)C(=O)c1ccc(Cl)cc1Br. The number of hydrogen-bond acceptors (Lipinski definition) is 2. The predicted molar refractivity (Wildman–Crippen MR) is 79.4 cm³/mol. The van der Waals surface area contributed by atoms with Crippen molar-refractivity contribution in [3.8, 4) is 0 Å². The Morgan fingerprint density at radius 3 is 2.58 bits per heavy atom. The van der Waals surface area contributed by atoms with Crippen LogP contribution in [0.5, 0.6) is 0 Å². The van der Waals surface area contributed by atoms with E-state index in [9.17, 15) is 9.59 Å². The van der Waals surface area contributed by atoms with Gasteiger partial charge in [0.1, 0.15) is 0 Å². The second-order valence-electron chi connectivity index (χ2n) is 4.51. The van der Waals surface area contributed by atoms with Gasteiger partial charge in [0.25, 0.3) is 5.91 Å². The molecule has 104 valence electrons. The first-order valence-corrected chi connectivity index (χ1v) is 6.98. The number of carbonyl (C=O) groups excluding carboxylic acids is 2. The second kappa shape index (κ2) is 6.91. The van der Waals surface area contributed by atoms with Crippen LogP contribution in [0, 0.1) is 0 Å². The van der Waals surface area contributed by atoms with Gasteiger partial charge in [-0.2, -0.15) is 0 Å². The van der Waals surface area contributed by atoms with Gasteiger partial charge in [0.15, 0.2) is 0 Å². The molecule has 4 nitrogen and oxygen atoms in total. The molecule has 0 atom stereocenters. The van der Waals surface area contributed by atoms with Crippen LogP contribution in [-0.2, 0) is 4.79 Å². The summed E-state index contributed by atoms with van der Waals surface area (Å²) >= 11 is 9.11. The molecule has 0 aromatic heterocycles. The number of rotatable bonds is 4. The molecule has 0 fully saturated rings. The van der Waals surface area contributed by atoms with E-state index in [-0.39, 0.29) is 24.4 Å². The molecule has 0 spiro atoms. The number of likely N-dealkylation sites (N-methyl/N-ethyl adjacent to an activating group) is 1. The zero-order chi connectivity index (χ0) is 14.6. The third kappa shape index (κ3) is 4.84. The van der Waals surface area contributed by atoms with E-state index in [1.807, 2.05) is 13.8 Å². The van der Waals surface area contributed by atoms with Gasteiger partial charge in [-0.05, 0) is 48.0 Å². The molecule has 1 aromatic carbocycles. The number of hydrogen-bond donors (Lipinski definition) is 1. The molecular weight excluding hydrogens is 332 g/mol. The molecule has 0 heterocycles. The minimum atomic E-state index is -0.234. The molecule has 2 amide bonds. The summed E-state index contributed by atoms with van der Waals surface area (Å²) in [4.78, 5) is 25.1. The topological polar surface area (TPSA) is 49.4 Å². The lowest BCUT2D eigenvalue weighted by atomic mass is 10.2. The summed E-state index contributed by atoms with van der Waals surface area (Å²) in [6.07, 6.45) is 0. The van der Waals surface area contributed by atoms with Crippen molar-refractivity contribution < 1.29 is 9.59 Å². The Balaban J connectivity index is 2.74. The van der Waals surface area contributed by atoms with Gasteiger partial charge in [-0.25, -0.2) is 0 Å². The van der Waals surface area contributed by atoms with E-state index in [1.165, 1.54) is 4.90 Å². The Hall–Kier alpha value is -1.07. The van der Waals surface area contributed by atoms with Gasteiger partial charge in [0.2, 0.25) is 5.91 Å². The number of halogens is 2. The number of nitrogens with zero attached hydrogens (tertiary/aromatic N) is 1. The van der Waals surface area contributed by atoms with Gasteiger partial charge in [-0.3, -0.25) is 9.59 Å². The highest BCUT2D eigenvalue weighted by atomic mass is 79.9. The maximum absolute atomic E-state index is 12.2.